The van der Waals surface area contributed by atoms with Gasteiger partial charge >= 0.3 is 0 Å². The van der Waals surface area contributed by atoms with E-state index in [1.54, 1.807) is 13.4 Å². The molecule has 1 saturated heterocycles. The molecule has 1 unspecified atom stereocenters. The van der Waals surface area contributed by atoms with Crippen LogP contribution in [-0.2, 0) is 4.79 Å². The number of aromatic nitrogens is 2. The summed E-state index contributed by atoms with van der Waals surface area (Å²) in [6.07, 6.45) is 3.75. The third-order valence-electron chi connectivity index (χ3n) is 3.45. The molecule has 118 valence electrons. The summed E-state index contributed by atoms with van der Waals surface area (Å²) in [6.45, 7) is 1.97. The number of hydrogen-bond donors (Lipinski definition) is 3. The SMILES string of the molecule is CNCC(=O)NCC1CCCN1c1cc(NC)ncn1.Cl. The highest BCUT2D eigenvalue weighted by Gasteiger charge is 2.26. The van der Waals surface area contributed by atoms with Gasteiger partial charge in [0.1, 0.15) is 18.0 Å². The van der Waals surface area contributed by atoms with Crippen LogP contribution >= 0.6 is 12.4 Å². The summed E-state index contributed by atoms with van der Waals surface area (Å²) in [4.78, 5) is 22.2. The number of nitrogens with zero attached hydrogens (tertiary/aromatic N) is 3. The largest absolute Gasteiger partial charge is 0.373 e. The lowest BCUT2D eigenvalue weighted by molar-refractivity contribution is -0.120. The maximum atomic E-state index is 11.5. The molecule has 3 N–H and O–H groups in total. The molecule has 0 radical (unpaired) electrons. The van der Waals surface area contributed by atoms with E-state index in [0.29, 0.717) is 19.1 Å². The van der Waals surface area contributed by atoms with Crippen molar-refractivity contribution in [3.05, 3.63) is 12.4 Å². The van der Waals surface area contributed by atoms with Gasteiger partial charge in [-0.25, -0.2) is 9.97 Å². The molecule has 1 aliphatic rings. The lowest BCUT2D eigenvalue weighted by Gasteiger charge is -2.26. The van der Waals surface area contributed by atoms with Crippen molar-refractivity contribution >= 4 is 29.9 Å². The molecule has 1 atom stereocenters. The van der Waals surface area contributed by atoms with Gasteiger partial charge in [-0.15, -0.1) is 12.4 Å². The fourth-order valence-electron chi connectivity index (χ4n) is 2.45. The number of carbonyl (C=O) groups excluding carboxylic acids is 1. The summed E-state index contributed by atoms with van der Waals surface area (Å²) in [5.74, 6) is 1.74. The van der Waals surface area contributed by atoms with E-state index in [-0.39, 0.29) is 18.3 Å². The minimum absolute atomic E-state index is 0. The number of carbonyl (C=O) groups is 1. The lowest BCUT2D eigenvalue weighted by atomic mass is 10.2. The van der Waals surface area contributed by atoms with Gasteiger partial charge in [-0.3, -0.25) is 4.79 Å². The number of nitrogens with one attached hydrogen (secondary N) is 3. The van der Waals surface area contributed by atoms with Gasteiger partial charge in [0, 0.05) is 32.2 Å². The zero-order chi connectivity index (χ0) is 14.4. The Morgan fingerprint density at radius 3 is 2.95 bits per heavy atom. The normalized spacial score (nSPS) is 17.2. The van der Waals surface area contributed by atoms with Crippen LogP contribution in [0.25, 0.3) is 0 Å². The smallest absolute Gasteiger partial charge is 0.234 e. The van der Waals surface area contributed by atoms with Crippen molar-refractivity contribution in [1.29, 1.82) is 0 Å². The van der Waals surface area contributed by atoms with Crippen LogP contribution in [0.15, 0.2) is 12.4 Å². The maximum Gasteiger partial charge on any atom is 0.234 e. The second kappa shape index (κ2) is 8.63. The fourth-order valence-corrected chi connectivity index (χ4v) is 2.45. The van der Waals surface area contributed by atoms with Gasteiger partial charge in [0.25, 0.3) is 0 Å². The Morgan fingerprint density at radius 1 is 1.43 bits per heavy atom. The molecule has 2 rings (SSSR count). The summed E-state index contributed by atoms with van der Waals surface area (Å²) in [6, 6.07) is 2.24. The van der Waals surface area contributed by atoms with E-state index in [2.05, 4.69) is 30.8 Å². The predicted octanol–water partition coefficient (Wildman–Crippen LogP) is 0.244. The molecule has 1 aromatic heterocycles. The van der Waals surface area contributed by atoms with Crippen LogP contribution in [-0.4, -0.2) is 55.6 Å². The van der Waals surface area contributed by atoms with Crippen molar-refractivity contribution in [1.82, 2.24) is 20.6 Å². The molecule has 7 nitrogen and oxygen atoms in total. The number of hydrogen-bond acceptors (Lipinski definition) is 6. The van der Waals surface area contributed by atoms with E-state index in [4.69, 9.17) is 0 Å². The third kappa shape index (κ3) is 4.71. The number of likely N-dealkylation sites (N-methyl/N-ethyl adjacent to an activating group) is 1. The second-order valence-electron chi connectivity index (χ2n) is 4.84. The molecule has 1 aromatic rings. The number of amides is 1. The Morgan fingerprint density at radius 2 is 2.24 bits per heavy atom. The van der Waals surface area contributed by atoms with Crippen molar-refractivity contribution in [2.45, 2.75) is 18.9 Å². The van der Waals surface area contributed by atoms with Gasteiger partial charge < -0.3 is 20.9 Å². The molecule has 0 aromatic carbocycles. The molecule has 2 heterocycles. The molecule has 8 heteroatoms. The molecular weight excluding hydrogens is 292 g/mol. The summed E-state index contributed by atoms with van der Waals surface area (Å²) < 4.78 is 0. The van der Waals surface area contributed by atoms with Gasteiger partial charge in [0.2, 0.25) is 5.91 Å². The molecule has 0 saturated carbocycles. The quantitative estimate of drug-likeness (QED) is 0.698. The highest BCUT2D eigenvalue weighted by atomic mass is 35.5. The third-order valence-corrected chi connectivity index (χ3v) is 3.45. The molecule has 0 aliphatic carbocycles. The van der Waals surface area contributed by atoms with Gasteiger partial charge in [-0.1, -0.05) is 0 Å². The second-order valence-corrected chi connectivity index (χ2v) is 4.84. The summed E-state index contributed by atoms with van der Waals surface area (Å²) >= 11 is 0. The van der Waals surface area contributed by atoms with Crippen molar-refractivity contribution < 1.29 is 4.79 Å². The Kier molecular flexibility index (Phi) is 7.18. The highest BCUT2D eigenvalue weighted by Crippen LogP contribution is 2.24. The van der Waals surface area contributed by atoms with E-state index in [0.717, 1.165) is 31.0 Å². The van der Waals surface area contributed by atoms with Crippen LogP contribution in [0.1, 0.15) is 12.8 Å². The van der Waals surface area contributed by atoms with E-state index >= 15 is 0 Å². The van der Waals surface area contributed by atoms with Crippen LogP contribution in [0, 0.1) is 0 Å². The maximum absolute atomic E-state index is 11.5. The van der Waals surface area contributed by atoms with Crippen LogP contribution in [0.5, 0.6) is 0 Å². The minimum Gasteiger partial charge on any atom is -0.373 e. The van der Waals surface area contributed by atoms with Crippen LogP contribution in [0.4, 0.5) is 11.6 Å². The number of halogens is 1. The van der Waals surface area contributed by atoms with Crippen molar-refractivity contribution in [3.63, 3.8) is 0 Å². The van der Waals surface area contributed by atoms with Crippen molar-refractivity contribution in [2.24, 2.45) is 0 Å². The first-order chi connectivity index (χ1) is 9.74. The molecule has 1 fully saturated rings. The van der Waals surface area contributed by atoms with Crippen LogP contribution in [0.3, 0.4) is 0 Å². The average Bonchev–Trinajstić information content (AvgIpc) is 2.94. The molecule has 0 bridgehead atoms. The lowest BCUT2D eigenvalue weighted by Crippen LogP contribution is -2.42. The first-order valence-corrected chi connectivity index (χ1v) is 6.92. The summed E-state index contributed by atoms with van der Waals surface area (Å²) in [5, 5.41) is 8.81. The molecular formula is C13H23ClN6O. The first-order valence-electron chi connectivity index (χ1n) is 6.92. The van der Waals surface area contributed by atoms with Crippen molar-refractivity contribution in [2.75, 3.05) is 43.9 Å². The van der Waals surface area contributed by atoms with Gasteiger partial charge in [0.15, 0.2) is 0 Å². The standard InChI is InChI=1S/C13H22N6O.ClH/c1-14-8-13(20)16-7-10-4-3-5-19(10)12-6-11(15-2)17-9-18-12;/h6,9-10,14H,3-5,7-8H2,1-2H3,(H,16,20)(H,15,17,18);1H. The highest BCUT2D eigenvalue weighted by molar-refractivity contribution is 5.85. The van der Waals surface area contributed by atoms with Gasteiger partial charge in [-0.05, 0) is 19.9 Å². The monoisotopic (exact) mass is 314 g/mol. The van der Waals surface area contributed by atoms with E-state index in [1.807, 2.05) is 13.1 Å². The zero-order valence-electron chi connectivity index (χ0n) is 12.4. The fraction of sp³-hybridized carbons (Fsp3) is 0.615. The first kappa shape index (κ1) is 17.5. The Labute approximate surface area is 131 Å². The predicted molar refractivity (Wildman–Crippen MR) is 86.1 cm³/mol. The topological polar surface area (TPSA) is 82.2 Å². The average molecular weight is 315 g/mol. The molecule has 1 aliphatic heterocycles. The molecule has 0 spiro atoms. The Hall–Kier alpha value is -1.60. The minimum atomic E-state index is 0. The van der Waals surface area contributed by atoms with Gasteiger partial charge in [0.05, 0.1) is 6.54 Å². The van der Waals surface area contributed by atoms with Crippen LogP contribution < -0.4 is 20.9 Å². The molecule has 21 heavy (non-hydrogen) atoms. The number of anilines is 2. The van der Waals surface area contributed by atoms with E-state index in [9.17, 15) is 4.79 Å². The van der Waals surface area contributed by atoms with E-state index in [1.165, 1.54) is 0 Å². The summed E-state index contributed by atoms with van der Waals surface area (Å²) in [7, 11) is 3.60. The van der Waals surface area contributed by atoms with Crippen LogP contribution in [0.2, 0.25) is 0 Å². The summed E-state index contributed by atoms with van der Waals surface area (Å²) in [5.41, 5.74) is 0. The number of rotatable bonds is 6. The van der Waals surface area contributed by atoms with Crippen molar-refractivity contribution in [3.8, 4) is 0 Å². The van der Waals surface area contributed by atoms with E-state index < -0.39 is 0 Å². The molecule has 1 amide bonds. The zero-order valence-corrected chi connectivity index (χ0v) is 13.2. The Balaban J connectivity index is 0.00000220. The van der Waals surface area contributed by atoms with Gasteiger partial charge in [-0.2, -0.15) is 0 Å². The Bertz CT molecular complexity index is 458.